The number of carbonyl (C=O) groups is 1. The van der Waals surface area contributed by atoms with Crippen molar-refractivity contribution < 1.29 is 9.53 Å². The molecule has 1 fully saturated rings. The summed E-state index contributed by atoms with van der Waals surface area (Å²) in [5, 5.41) is 3.21. The van der Waals surface area contributed by atoms with Gasteiger partial charge in [-0.25, -0.2) is 4.79 Å². The van der Waals surface area contributed by atoms with Gasteiger partial charge in [-0.1, -0.05) is 13.8 Å². The van der Waals surface area contributed by atoms with Gasteiger partial charge in [0, 0.05) is 25.7 Å². The summed E-state index contributed by atoms with van der Waals surface area (Å²) in [6, 6.07) is 0.293. The van der Waals surface area contributed by atoms with Crippen LogP contribution in [0.3, 0.4) is 0 Å². The highest BCUT2D eigenvalue weighted by atomic mass is 16.6. The van der Waals surface area contributed by atoms with Crippen LogP contribution in [0.1, 0.15) is 33.6 Å². The zero-order chi connectivity index (χ0) is 14.3. The minimum atomic E-state index is -0.220. The quantitative estimate of drug-likeness (QED) is 0.593. The van der Waals surface area contributed by atoms with Crippen LogP contribution in [0, 0.1) is 5.92 Å². The predicted molar refractivity (Wildman–Crippen MR) is 76.1 cm³/mol. The van der Waals surface area contributed by atoms with Crippen LogP contribution in [-0.4, -0.2) is 49.2 Å². The van der Waals surface area contributed by atoms with Crippen molar-refractivity contribution in [3.63, 3.8) is 0 Å². The van der Waals surface area contributed by atoms with Gasteiger partial charge >= 0.3 is 6.09 Å². The SMILES string of the molecule is CCOC(=O)N1CCC(NC(N)=NCC(C)C)CC1. The molecular weight excluding hydrogens is 244 g/mol. The van der Waals surface area contributed by atoms with E-state index in [2.05, 4.69) is 24.2 Å². The van der Waals surface area contributed by atoms with Gasteiger partial charge in [0.2, 0.25) is 0 Å². The Kier molecular flexibility index (Phi) is 6.45. The van der Waals surface area contributed by atoms with Crippen molar-refractivity contribution in [2.75, 3.05) is 26.2 Å². The maximum atomic E-state index is 11.5. The number of carbonyl (C=O) groups excluding carboxylic acids is 1. The molecule has 0 saturated carbocycles. The molecule has 6 nitrogen and oxygen atoms in total. The first-order valence-corrected chi connectivity index (χ1v) is 7.01. The van der Waals surface area contributed by atoms with Crippen molar-refractivity contribution in [2.45, 2.75) is 39.7 Å². The highest BCUT2D eigenvalue weighted by Gasteiger charge is 2.23. The second-order valence-corrected chi connectivity index (χ2v) is 5.22. The van der Waals surface area contributed by atoms with Gasteiger partial charge in [-0.05, 0) is 25.7 Å². The molecule has 1 aliphatic rings. The molecule has 0 aliphatic carbocycles. The fourth-order valence-corrected chi connectivity index (χ4v) is 1.96. The number of guanidine groups is 1. The minimum absolute atomic E-state index is 0.220. The standard InChI is InChI=1S/C13H26N4O2/c1-4-19-13(18)17-7-5-11(6-8-17)16-12(14)15-9-10(2)3/h10-11H,4-9H2,1-3H3,(H3,14,15,16). The Hall–Kier alpha value is -1.46. The van der Waals surface area contributed by atoms with E-state index in [-0.39, 0.29) is 6.09 Å². The van der Waals surface area contributed by atoms with Crippen LogP contribution in [0.5, 0.6) is 0 Å². The predicted octanol–water partition coefficient (Wildman–Crippen LogP) is 1.17. The lowest BCUT2D eigenvalue weighted by Gasteiger charge is -2.31. The number of piperidine rings is 1. The third kappa shape index (κ3) is 5.81. The van der Waals surface area contributed by atoms with Crippen molar-refractivity contribution in [3.05, 3.63) is 0 Å². The molecule has 0 unspecified atom stereocenters. The summed E-state index contributed by atoms with van der Waals surface area (Å²) in [4.78, 5) is 17.6. The van der Waals surface area contributed by atoms with Gasteiger partial charge in [0.1, 0.15) is 0 Å². The lowest BCUT2D eigenvalue weighted by atomic mass is 10.1. The van der Waals surface area contributed by atoms with Crippen LogP contribution in [0.15, 0.2) is 4.99 Å². The lowest BCUT2D eigenvalue weighted by Crippen LogP contribution is -2.48. The second-order valence-electron chi connectivity index (χ2n) is 5.22. The molecule has 1 amide bonds. The Labute approximate surface area is 115 Å². The van der Waals surface area contributed by atoms with E-state index in [4.69, 9.17) is 10.5 Å². The molecule has 1 heterocycles. The van der Waals surface area contributed by atoms with Gasteiger partial charge in [0.05, 0.1) is 6.61 Å². The molecule has 6 heteroatoms. The minimum Gasteiger partial charge on any atom is -0.450 e. The number of ether oxygens (including phenoxy) is 1. The Morgan fingerprint density at radius 1 is 1.47 bits per heavy atom. The summed E-state index contributed by atoms with van der Waals surface area (Å²) in [5.41, 5.74) is 5.83. The Balaban J connectivity index is 2.30. The number of likely N-dealkylation sites (tertiary alicyclic amines) is 1. The van der Waals surface area contributed by atoms with Crippen LogP contribution < -0.4 is 11.1 Å². The number of nitrogens with one attached hydrogen (secondary N) is 1. The van der Waals surface area contributed by atoms with Gasteiger partial charge in [-0.15, -0.1) is 0 Å². The van der Waals surface area contributed by atoms with Crippen LogP contribution in [0.25, 0.3) is 0 Å². The van der Waals surface area contributed by atoms with Crippen LogP contribution in [-0.2, 0) is 4.74 Å². The molecule has 1 rings (SSSR count). The molecule has 0 aromatic rings. The lowest BCUT2D eigenvalue weighted by molar-refractivity contribution is 0.0963. The third-order valence-electron chi connectivity index (χ3n) is 3.00. The Morgan fingerprint density at radius 2 is 2.11 bits per heavy atom. The zero-order valence-electron chi connectivity index (χ0n) is 12.2. The van der Waals surface area contributed by atoms with Gasteiger partial charge < -0.3 is 20.7 Å². The number of nitrogens with two attached hydrogens (primary N) is 1. The smallest absolute Gasteiger partial charge is 0.409 e. The summed E-state index contributed by atoms with van der Waals surface area (Å²) in [7, 11) is 0. The maximum absolute atomic E-state index is 11.5. The summed E-state index contributed by atoms with van der Waals surface area (Å²) in [5.74, 6) is 1.01. The fraction of sp³-hybridized carbons (Fsp3) is 0.846. The number of rotatable bonds is 4. The monoisotopic (exact) mass is 270 g/mol. The molecule has 0 aromatic carbocycles. The number of hydrogen-bond acceptors (Lipinski definition) is 3. The summed E-state index contributed by atoms with van der Waals surface area (Å²) in [6.07, 6.45) is 1.52. The van der Waals surface area contributed by atoms with Gasteiger partial charge in [-0.3, -0.25) is 4.99 Å². The molecular formula is C13H26N4O2. The van der Waals surface area contributed by atoms with Crippen LogP contribution >= 0.6 is 0 Å². The van der Waals surface area contributed by atoms with Crippen LogP contribution in [0.4, 0.5) is 4.79 Å². The molecule has 0 aromatic heterocycles. The van der Waals surface area contributed by atoms with Gasteiger partial charge in [0.25, 0.3) is 0 Å². The highest BCUT2D eigenvalue weighted by Crippen LogP contribution is 2.11. The Morgan fingerprint density at radius 3 is 2.63 bits per heavy atom. The number of amides is 1. The van der Waals surface area contributed by atoms with Crippen molar-refractivity contribution >= 4 is 12.1 Å². The van der Waals surface area contributed by atoms with E-state index in [9.17, 15) is 4.79 Å². The molecule has 1 saturated heterocycles. The van der Waals surface area contributed by atoms with Crippen molar-refractivity contribution in [3.8, 4) is 0 Å². The topological polar surface area (TPSA) is 80.0 Å². The van der Waals surface area contributed by atoms with Gasteiger partial charge in [-0.2, -0.15) is 0 Å². The molecule has 0 spiro atoms. The summed E-state index contributed by atoms with van der Waals surface area (Å²) < 4.78 is 4.98. The first-order valence-electron chi connectivity index (χ1n) is 7.01. The molecule has 0 bridgehead atoms. The van der Waals surface area contributed by atoms with Crippen LogP contribution in [0.2, 0.25) is 0 Å². The van der Waals surface area contributed by atoms with E-state index >= 15 is 0 Å². The van der Waals surface area contributed by atoms with Gasteiger partial charge in [0.15, 0.2) is 5.96 Å². The first-order chi connectivity index (χ1) is 9.02. The fourth-order valence-electron chi connectivity index (χ4n) is 1.96. The van der Waals surface area contributed by atoms with E-state index in [1.165, 1.54) is 0 Å². The average Bonchev–Trinajstić information content (AvgIpc) is 2.37. The average molecular weight is 270 g/mol. The maximum Gasteiger partial charge on any atom is 0.409 e. The normalized spacial score (nSPS) is 17.7. The first kappa shape index (κ1) is 15.6. The summed E-state index contributed by atoms with van der Waals surface area (Å²) >= 11 is 0. The molecule has 0 atom stereocenters. The van der Waals surface area contributed by atoms with Crippen molar-refractivity contribution in [1.29, 1.82) is 0 Å². The van der Waals surface area contributed by atoms with E-state index < -0.39 is 0 Å². The molecule has 1 aliphatic heterocycles. The van der Waals surface area contributed by atoms with E-state index in [0.717, 1.165) is 19.4 Å². The Bertz CT molecular complexity index is 310. The molecule has 110 valence electrons. The number of hydrogen-bond donors (Lipinski definition) is 2. The number of aliphatic imine (C=N–C) groups is 1. The van der Waals surface area contributed by atoms with E-state index in [1.807, 2.05) is 6.92 Å². The van der Waals surface area contributed by atoms with Crippen molar-refractivity contribution in [2.24, 2.45) is 16.6 Å². The second kappa shape index (κ2) is 7.86. The molecule has 19 heavy (non-hydrogen) atoms. The zero-order valence-corrected chi connectivity index (χ0v) is 12.2. The van der Waals surface area contributed by atoms with Crippen molar-refractivity contribution in [1.82, 2.24) is 10.2 Å². The molecule has 0 radical (unpaired) electrons. The largest absolute Gasteiger partial charge is 0.450 e. The number of nitrogens with zero attached hydrogens (tertiary/aromatic N) is 2. The summed E-state index contributed by atoms with van der Waals surface area (Å²) in [6.45, 7) is 8.59. The molecule has 3 N–H and O–H groups in total. The highest BCUT2D eigenvalue weighted by molar-refractivity contribution is 5.78. The third-order valence-corrected chi connectivity index (χ3v) is 3.00. The van der Waals surface area contributed by atoms with E-state index in [0.29, 0.717) is 37.6 Å². The van der Waals surface area contributed by atoms with E-state index in [1.54, 1.807) is 4.90 Å².